The molecule has 2 aromatic rings. The molecule has 1 atom stereocenters. The first-order valence-electron chi connectivity index (χ1n) is 9.84. The van der Waals surface area contributed by atoms with Gasteiger partial charge in [-0.3, -0.25) is 34.1 Å². The van der Waals surface area contributed by atoms with Gasteiger partial charge in [-0.2, -0.15) is 5.10 Å². The topological polar surface area (TPSA) is 125 Å². The number of carbonyl (C=O) groups is 4. The van der Waals surface area contributed by atoms with Gasteiger partial charge in [0, 0.05) is 32.3 Å². The maximum absolute atomic E-state index is 12.9. The van der Waals surface area contributed by atoms with Crippen LogP contribution in [0.2, 0.25) is 0 Å². The Morgan fingerprint density at radius 3 is 2.63 bits per heavy atom. The maximum atomic E-state index is 12.9. The standard InChI is InChI=1S/C20H20N6O4/c27-17-4-3-16(18(28)24-17)26-19(29)14-2-1-11(5-15(14)20(26)30)6-22-12-7-23-25(10-12)13-8-21-9-13/h1-2,5,7,10,13,16,21-22H,3-4,6,8-9H2,(H,24,27,28). The molecule has 3 aliphatic rings. The van der Waals surface area contributed by atoms with E-state index in [1.54, 1.807) is 24.4 Å². The molecule has 4 heterocycles. The highest BCUT2D eigenvalue weighted by Crippen LogP contribution is 2.28. The number of piperidine rings is 1. The van der Waals surface area contributed by atoms with E-state index in [2.05, 4.69) is 21.0 Å². The van der Waals surface area contributed by atoms with Crippen molar-refractivity contribution < 1.29 is 19.2 Å². The molecule has 2 fully saturated rings. The van der Waals surface area contributed by atoms with Crippen LogP contribution in [0.1, 0.15) is 45.2 Å². The molecule has 0 radical (unpaired) electrons. The number of aromatic nitrogens is 2. The molecule has 10 heteroatoms. The van der Waals surface area contributed by atoms with Crippen LogP contribution in [0.5, 0.6) is 0 Å². The summed E-state index contributed by atoms with van der Waals surface area (Å²) in [6.07, 6.45) is 3.94. The smallest absolute Gasteiger partial charge is 0.262 e. The SMILES string of the molecule is O=C1CCC(N2C(=O)c3ccc(CNc4cnn(C5CNC5)c4)cc3C2=O)C(=O)N1. The van der Waals surface area contributed by atoms with Gasteiger partial charge < -0.3 is 10.6 Å². The van der Waals surface area contributed by atoms with Gasteiger partial charge in [0.25, 0.3) is 11.8 Å². The van der Waals surface area contributed by atoms with Gasteiger partial charge in [-0.1, -0.05) is 6.07 Å². The van der Waals surface area contributed by atoms with E-state index in [4.69, 9.17) is 0 Å². The maximum Gasteiger partial charge on any atom is 0.262 e. The van der Waals surface area contributed by atoms with Gasteiger partial charge in [-0.05, 0) is 24.1 Å². The van der Waals surface area contributed by atoms with E-state index in [1.807, 2.05) is 10.9 Å². The van der Waals surface area contributed by atoms with Crippen LogP contribution in [0, 0.1) is 0 Å². The number of imide groups is 2. The number of anilines is 1. The van der Waals surface area contributed by atoms with Crippen molar-refractivity contribution in [3.8, 4) is 0 Å². The highest BCUT2D eigenvalue weighted by Gasteiger charge is 2.44. The van der Waals surface area contributed by atoms with E-state index >= 15 is 0 Å². The molecular formula is C20H20N6O4. The second kappa shape index (κ2) is 7.06. The summed E-state index contributed by atoms with van der Waals surface area (Å²) in [4.78, 5) is 50.1. The van der Waals surface area contributed by atoms with Crippen molar-refractivity contribution >= 4 is 29.3 Å². The molecule has 0 spiro atoms. The van der Waals surface area contributed by atoms with Crippen molar-refractivity contribution in [2.75, 3.05) is 18.4 Å². The van der Waals surface area contributed by atoms with Gasteiger partial charge in [0.15, 0.2) is 0 Å². The molecular weight excluding hydrogens is 388 g/mol. The summed E-state index contributed by atoms with van der Waals surface area (Å²) in [5, 5.41) is 13.0. The Morgan fingerprint density at radius 2 is 1.90 bits per heavy atom. The Balaban J connectivity index is 1.30. The van der Waals surface area contributed by atoms with Gasteiger partial charge in [-0.25, -0.2) is 0 Å². The van der Waals surface area contributed by atoms with Crippen LogP contribution in [0.3, 0.4) is 0 Å². The number of carbonyl (C=O) groups excluding carboxylic acids is 4. The number of benzene rings is 1. The molecule has 1 unspecified atom stereocenters. The molecule has 1 aromatic heterocycles. The molecule has 1 aromatic carbocycles. The van der Waals surface area contributed by atoms with E-state index in [1.165, 1.54) is 0 Å². The summed E-state index contributed by atoms with van der Waals surface area (Å²) in [6, 6.07) is 4.49. The predicted octanol–water partition coefficient (Wildman–Crippen LogP) is 0.0407. The largest absolute Gasteiger partial charge is 0.378 e. The number of amides is 4. The van der Waals surface area contributed by atoms with Crippen LogP contribution < -0.4 is 16.0 Å². The zero-order chi connectivity index (χ0) is 20.8. The van der Waals surface area contributed by atoms with Crippen LogP contribution in [-0.2, 0) is 16.1 Å². The third kappa shape index (κ3) is 3.05. The number of nitrogens with one attached hydrogen (secondary N) is 3. The van der Waals surface area contributed by atoms with Gasteiger partial charge in [0.2, 0.25) is 11.8 Å². The van der Waals surface area contributed by atoms with E-state index < -0.39 is 29.7 Å². The Kier molecular flexibility index (Phi) is 4.35. The predicted molar refractivity (Wildman–Crippen MR) is 105 cm³/mol. The summed E-state index contributed by atoms with van der Waals surface area (Å²) in [5.74, 6) is -2.00. The zero-order valence-corrected chi connectivity index (χ0v) is 16.1. The van der Waals surface area contributed by atoms with Gasteiger partial charge in [0.1, 0.15) is 6.04 Å². The lowest BCUT2D eigenvalue weighted by atomic mass is 10.0. The average molecular weight is 408 g/mol. The van der Waals surface area contributed by atoms with Crippen LogP contribution in [0.4, 0.5) is 5.69 Å². The fourth-order valence-electron chi connectivity index (χ4n) is 3.92. The number of hydrogen-bond donors (Lipinski definition) is 3. The summed E-state index contributed by atoms with van der Waals surface area (Å²) >= 11 is 0. The molecule has 3 N–H and O–H groups in total. The Labute approximate surface area is 171 Å². The minimum atomic E-state index is -0.955. The van der Waals surface area contributed by atoms with E-state index in [-0.39, 0.29) is 24.0 Å². The third-order valence-electron chi connectivity index (χ3n) is 5.74. The van der Waals surface area contributed by atoms with Crippen molar-refractivity contribution in [2.45, 2.75) is 31.5 Å². The minimum Gasteiger partial charge on any atom is -0.378 e. The molecule has 0 saturated carbocycles. The summed E-state index contributed by atoms with van der Waals surface area (Å²) in [6.45, 7) is 2.28. The lowest BCUT2D eigenvalue weighted by Gasteiger charge is -2.27. The molecule has 0 bridgehead atoms. The third-order valence-corrected chi connectivity index (χ3v) is 5.74. The average Bonchev–Trinajstić information content (AvgIpc) is 3.23. The Bertz CT molecular complexity index is 1070. The van der Waals surface area contributed by atoms with E-state index in [0.29, 0.717) is 12.6 Å². The van der Waals surface area contributed by atoms with Crippen LogP contribution >= 0.6 is 0 Å². The highest BCUT2D eigenvalue weighted by molar-refractivity contribution is 6.23. The number of fused-ring (bicyclic) bond motifs is 1. The fraction of sp³-hybridized carbons (Fsp3) is 0.350. The minimum absolute atomic E-state index is 0.101. The molecule has 30 heavy (non-hydrogen) atoms. The van der Waals surface area contributed by atoms with Crippen molar-refractivity contribution in [3.05, 3.63) is 47.3 Å². The fourth-order valence-corrected chi connectivity index (χ4v) is 3.92. The van der Waals surface area contributed by atoms with Crippen LogP contribution in [-0.4, -0.2) is 57.4 Å². The van der Waals surface area contributed by atoms with Crippen molar-refractivity contribution in [2.24, 2.45) is 0 Å². The zero-order valence-electron chi connectivity index (χ0n) is 16.1. The second-order valence-corrected chi connectivity index (χ2v) is 7.70. The van der Waals surface area contributed by atoms with Gasteiger partial charge in [-0.15, -0.1) is 0 Å². The number of hydrogen-bond acceptors (Lipinski definition) is 7. The van der Waals surface area contributed by atoms with Gasteiger partial charge in [0.05, 0.1) is 29.1 Å². The molecule has 3 aliphatic heterocycles. The van der Waals surface area contributed by atoms with Crippen molar-refractivity contribution in [1.82, 2.24) is 25.3 Å². The number of rotatable bonds is 5. The first-order valence-corrected chi connectivity index (χ1v) is 9.84. The quantitative estimate of drug-likeness (QED) is 0.597. The molecule has 5 rings (SSSR count). The van der Waals surface area contributed by atoms with Crippen LogP contribution in [0.15, 0.2) is 30.6 Å². The van der Waals surface area contributed by atoms with E-state index in [0.717, 1.165) is 29.2 Å². The highest BCUT2D eigenvalue weighted by atomic mass is 16.2. The molecule has 0 aliphatic carbocycles. The van der Waals surface area contributed by atoms with Crippen molar-refractivity contribution in [3.63, 3.8) is 0 Å². The number of nitrogens with zero attached hydrogens (tertiary/aromatic N) is 3. The van der Waals surface area contributed by atoms with E-state index in [9.17, 15) is 19.2 Å². The monoisotopic (exact) mass is 408 g/mol. The normalized spacial score (nSPS) is 21.5. The first kappa shape index (κ1) is 18.5. The molecule has 2 saturated heterocycles. The summed E-state index contributed by atoms with van der Waals surface area (Å²) < 4.78 is 1.92. The lowest BCUT2D eigenvalue weighted by Crippen LogP contribution is -2.54. The molecule has 4 amide bonds. The van der Waals surface area contributed by atoms with Gasteiger partial charge >= 0.3 is 0 Å². The van der Waals surface area contributed by atoms with Crippen LogP contribution in [0.25, 0.3) is 0 Å². The second-order valence-electron chi connectivity index (χ2n) is 7.70. The Morgan fingerprint density at radius 1 is 1.10 bits per heavy atom. The lowest BCUT2D eigenvalue weighted by molar-refractivity contribution is -0.136. The Hall–Kier alpha value is -3.53. The summed E-state index contributed by atoms with van der Waals surface area (Å²) in [7, 11) is 0. The van der Waals surface area contributed by atoms with Crippen molar-refractivity contribution in [1.29, 1.82) is 0 Å². The molecule has 154 valence electrons. The summed E-state index contributed by atoms with van der Waals surface area (Å²) in [5.41, 5.74) is 2.26. The first-order chi connectivity index (χ1) is 14.5. The molecule has 10 nitrogen and oxygen atoms in total.